The van der Waals surface area contributed by atoms with Gasteiger partial charge in [-0.3, -0.25) is 0 Å². The van der Waals surface area contributed by atoms with Gasteiger partial charge in [0.15, 0.2) is 0 Å². The molecule has 5 heteroatoms. The Kier molecular flexibility index (Phi) is 4.84. The van der Waals surface area contributed by atoms with Crippen LogP contribution in [0.2, 0.25) is 0 Å². The van der Waals surface area contributed by atoms with Crippen LogP contribution in [0, 0.1) is 0 Å². The van der Waals surface area contributed by atoms with E-state index in [2.05, 4.69) is 36.9 Å². The Bertz CT molecular complexity index is 902. The molecule has 0 aliphatic carbocycles. The molecule has 0 saturated heterocycles. The standard InChI is InChI=1S/C19H16N4.Co/c1-3-14(20)10-15-6-7-18(22-15)12-19-9-8-17(23-19)11-16-5-4-13(2)21-16;/h2-12,22H,1,20H2;. The van der Waals surface area contributed by atoms with Crippen molar-refractivity contribution in [2.75, 3.05) is 0 Å². The van der Waals surface area contributed by atoms with Gasteiger partial charge in [-0.25, -0.2) is 0 Å². The average Bonchev–Trinajstić information content (AvgIpc) is 3.30. The molecule has 24 heavy (non-hydrogen) atoms. The Labute approximate surface area is 148 Å². The number of nitrogens with two attached hydrogens (primary N) is 1. The molecule has 0 aromatic carbocycles. The molecule has 3 heterocycles. The van der Waals surface area contributed by atoms with Crippen molar-refractivity contribution in [3.05, 3.63) is 83.6 Å². The SMILES string of the molecule is C=CC(N)=Cc1ccc(C=C2C=CC(C=C3C=CC([CH]=[Co])=N3)=N2)[nH]1. The summed E-state index contributed by atoms with van der Waals surface area (Å²) in [5.74, 6) is 0. The van der Waals surface area contributed by atoms with Crippen LogP contribution < -0.4 is 5.73 Å². The molecule has 1 aromatic rings. The Morgan fingerprint density at radius 3 is 2.38 bits per heavy atom. The van der Waals surface area contributed by atoms with Crippen molar-refractivity contribution in [1.82, 2.24) is 4.98 Å². The van der Waals surface area contributed by atoms with E-state index in [0.29, 0.717) is 5.70 Å². The first kappa shape index (κ1) is 16.1. The van der Waals surface area contributed by atoms with Gasteiger partial charge in [-0.05, 0) is 12.2 Å². The maximum absolute atomic E-state index is 5.74. The summed E-state index contributed by atoms with van der Waals surface area (Å²) in [5.41, 5.74) is 11.7. The van der Waals surface area contributed by atoms with Crippen LogP contribution in [0.25, 0.3) is 12.2 Å². The molecule has 0 fully saturated rings. The fraction of sp³-hybridized carbons (Fsp3) is 0. The summed E-state index contributed by atoms with van der Waals surface area (Å²) < 4.78 is 0. The van der Waals surface area contributed by atoms with E-state index < -0.39 is 0 Å². The molecule has 3 N–H and O–H groups in total. The summed E-state index contributed by atoms with van der Waals surface area (Å²) in [6.45, 7) is 3.64. The second-order valence-corrected chi connectivity index (χ2v) is 5.49. The zero-order valence-electron chi connectivity index (χ0n) is 12.9. The van der Waals surface area contributed by atoms with E-state index in [1.54, 1.807) is 11.0 Å². The van der Waals surface area contributed by atoms with E-state index in [9.17, 15) is 0 Å². The Morgan fingerprint density at radius 1 is 1.00 bits per heavy atom. The maximum atomic E-state index is 5.74. The molecule has 121 valence electrons. The summed E-state index contributed by atoms with van der Waals surface area (Å²) in [4.78, 5) is 13.9. The van der Waals surface area contributed by atoms with E-state index in [1.165, 1.54) is 0 Å². The second kappa shape index (κ2) is 7.21. The summed E-state index contributed by atoms with van der Waals surface area (Å²) >= 11 is 4.14. The van der Waals surface area contributed by atoms with Gasteiger partial charge in [0.05, 0.1) is 0 Å². The van der Waals surface area contributed by atoms with Crippen LogP contribution in [0.3, 0.4) is 0 Å². The first-order chi connectivity index (χ1) is 11.7. The third-order valence-corrected chi connectivity index (χ3v) is 3.66. The van der Waals surface area contributed by atoms with Gasteiger partial charge in [0.25, 0.3) is 0 Å². The number of aromatic amines is 1. The third kappa shape index (κ3) is 3.95. The number of H-pyrrole nitrogens is 1. The van der Waals surface area contributed by atoms with Gasteiger partial charge in [0.1, 0.15) is 0 Å². The van der Waals surface area contributed by atoms with Crippen molar-refractivity contribution in [2.45, 2.75) is 0 Å². The Morgan fingerprint density at radius 2 is 1.67 bits per heavy atom. The van der Waals surface area contributed by atoms with E-state index in [0.717, 1.165) is 34.2 Å². The van der Waals surface area contributed by atoms with Gasteiger partial charge in [0, 0.05) is 5.70 Å². The third-order valence-electron chi connectivity index (χ3n) is 3.35. The molecule has 3 rings (SSSR count). The molecular weight excluding hydrogens is 343 g/mol. The Hall–Kier alpha value is -2.76. The van der Waals surface area contributed by atoms with Crippen LogP contribution in [-0.2, 0) is 15.3 Å². The van der Waals surface area contributed by atoms with Gasteiger partial charge >= 0.3 is 118 Å². The van der Waals surface area contributed by atoms with Crippen molar-refractivity contribution < 1.29 is 15.3 Å². The van der Waals surface area contributed by atoms with Crippen LogP contribution in [0.15, 0.2) is 82.2 Å². The molecular formula is C19H16CoN4. The van der Waals surface area contributed by atoms with Crippen LogP contribution in [0.1, 0.15) is 11.4 Å². The summed E-state index contributed by atoms with van der Waals surface area (Å²) in [5, 5.41) is 0. The number of aromatic nitrogens is 1. The quantitative estimate of drug-likeness (QED) is 0.780. The summed E-state index contributed by atoms with van der Waals surface area (Å²) in [6.07, 6.45) is 15.1. The number of nitrogens with one attached hydrogen (secondary N) is 1. The van der Waals surface area contributed by atoms with Crippen molar-refractivity contribution in [1.29, 1.82) is 0 Å². The predicted molar refractivity (Wildman–Crippen MR) is 98.4 cm³/mol. The van der Waals surface area contributed by atoms with Crippen molar-refractivity contribution >= 4 is 28.5 Å². The molecule has 2 aliphatic heterocycles. The fourth-order valence-corrected chi connectivity index (χ4v) is 2.40. The molecule has 0 radical (unpaired) electrons. The van der Waals surface area contributed by atoms with Crippen LogP contribution in [0.5, 0.6) is 0 Å². The van der Waals surface area contributed by atoms with E-state index in [1.807, 2.05) is 54.7 Å². The van der Waals surface area contributed by atoms with Crippen LogP contribution in [-0.4, -0.2) is 21.4 Å². The van der Waals surface area contributed by atoms with Crippen molar-refractivity contribution in [2.24, 2.45) is 15.7 Å². The zero-order chi connectivity index (χ0) is 16.9. The average molecular weight is 359 g/mol. The minimum atomic E-state index is 0.617. The van der Waals surface area contributed by atoms with E-state index >= 15 is 0 Å². The molecule has 4 nitrogen and oxygen atoms in total. The topological polar surface area (TPSA) is 66.5 Å². The Balaban J connectivity index is 1.76. The zero-order valence-corrected chi connectivity index (χ0v) is 13.9. The van der Waals surface area contributed by atoms with Crippen molar-refractivity contribution in [3.8, 4) is 0 Å². The molecule has 0 amide bonds. The number of hydrogen-bond acceptors (Lipinski definition) is 3. The summed E-state index contributed by atoms with van der Waals surface area (Å²) in [7, 11) is 0. The number of allylic oxidation sites excluding steroid dienone is 6. The number of hydrogen-bond donors (Lipinski definition) is 2. The van der Waals surface area contributed by atoms with E-state index in [4.69, 9.17) is 5.73 Å². The predicted octanol–water partition coefficient (Wildman–Crippen LogP) is 3.10. The molecule has 1 aromatic heterocycles. The van der Waals surface area contributed by atoms with Crippen LogP contribution >= 0.6 is 0 Å². The molecule has 0 bridgehead atoms. The minimum absolute atomic E-state index is 0.617. The molecule has 0 saturated carbocycles. The van der Waals surface area contributed by atoms with Gasteiger partial charge in [-0.1, -0.05) is 6.58 Å². The summed E-state index contributed by atoms with van der Waals surface area (Å²) in [6, 6.07) is 3.94. The van der Waals surface area contributed by atoms with Gasteiger partial charge in [-0.15, -0.1) is 0 Å². The molecule has 2 aliphatic rings. The monoisotopic (exact) mass is 359 g/mol. The molecule has 0 atom stereocenters. The number of nitrogens with zero attached hydrogens (tertiary/aromatic N) is 2. The van der Waals surface area contributed by atoms with Crippen molar-refractivity contribution in [3.63, 3.8) is 0 Å². The van der Waals surface area contributed by atoms with Gasteiger partial charge in [-0.2, -0.15) is 0 Å². The fourth-order valence-electron chi connectivity index (χ4n) is 2.23. The normalized spacial score (nSPS) is 20.0. The van der Waals surface area contributed by atoms with Gasteiger partial charge in [0.2, 0.25) is 0 Å². The van der Waals surface area contributed by atoms with E-state index in [-0.39, 0.29) is 0 Å². The second-order valence-electron chi connectivity index (χ2n) is 5.19. The molecule has 0 unspecified atom stereocenters. The first-order valence-corrected chi connectivity index (χ1v) is 7.93. The number of rotatable bonds is 5. The number of aliphatic imine (C=N–C) groups is 2. The van der Waals surface area contributed by atoms with Gasteiger partial charge < -0.3 is 5.73 Å². The molecule has 0 spiro atoms. The first-order valence-electron chi connectivity index (χ1n) is 7.33. The van der Waals surface area contributed by atoms with Crippen LogP contribution in [0.4, 0.5) is 0 Å².